The van der Waals surface area contributed by atoms with Crippen molar-refractivity contribution in [2.45, 2.75) is 36.1 Å². The van der Waals surface area contributed by atoms with Crippen molar-refractivity contribution < 1.29 is 5.21 Å². The summed E-state index contributed by atoms with van der Waals surface area (Å²) in [6, 6.07) is 8.00. The van der Waals surface area contributed by atoms with Crippen molar-refractivity contribution in [1.29, 1.82) is 0 Å². The summed E-state index contributed by atoms with van der Waals surface area (Å²) >= 11 is 1.65. The van der Waals surface area contributed by atoms with Crippen LogP contribution in [0.15, 0.2) is 46.7 Å². The van der Waals surface area contributed by atoms with Crippen LogP contribution in [0, 0.1) is 0 Å². The molecule has 1 aromatic heterocycles. The second kappa shape index (κ2) is 6.13. The summed E-state index contributed by atoms with van der Waals surface area (Å²) in [5.74, 6) is 0. The van der Waals surface area contributed by atoms with Crippen LogP contribution in [0.2, 0.25) is 0 Å². The summed E-state index contributed by atoms with van der Waals surface area (Å²) in [5.41, 5.74) is 2.88. The predicted octanol–water partition coefficient (Wildman–Crippen LogP) is 3.98. The van der Waals surface area contributed by atoms with E-state index in [1.165, 1.54) is 0 Å². The molecule has 4 nitrogen and oxygen atoms in total. The van der Waals surface area contributed by atoms with Gasteiger partial charge in [0, 0.05) is 0 Å². The maximum absolute atomic E-state index is 9.22. The third kappa shape index (κ3) is 2.88. The molecule has 0 fully saturated rings. The number of aromatic amines is 1. The number of thioether (sulfide) groups is 1. The number of aromatic nitrogens is 2. The van der Waals surface area contributed by atoms with Crippen molar-refractivity contribution in [3.63, 3.8) is 0 Å². The van der Waals surface area contributed by atoms with Gasteiger partial charge in [0.2, 0.25) is 0 Å². The number of benzene rings is 1. The summed E-state index contributed by atoms with van der Waals surface area (Å²) in [4.78, 5) is 7.90. The highest BCUT2D eigenvalue weighted by molar-refractivity contribution is 8.00. The summed E-state index contributed by atoms with van der Waals surface area (Å²) < 4.78 is 0. The predicted molar refractivity (Wildman–Crippen MR) is 82.6 cm³/mol. The van der Waals surface area contributed by atoms with Crippen molar-refractivity contribution in [2.24, 2.45) is 5.16 Å². The van der Waals surface area contributed by atoms with Gasteiger partial charge in [0.15, 0.2) is 5.16 Å². The molecule has 1 aliphatic carbocycles. The van der Waals surface area contributed by atoms with Gasteiger partial charge in [-0.15, -0.1) is 0 Å². The highest BCUT2D eigenvalue weighted by atomic mass is 32.2. The molecule has 3 rings (SSSR count). The number of nitrogens with one attached hydrogen (secondary N) is 1. The number of allylic oxidation sites excluding steroid dienone is 2. The number of para-hydroxylation sites is 2. The van der Waals surface area contributed by atoms with E-state index < -0.39 is 0 Å². The van der Waals surface area contributed by atoms with Gasteiger partial charge in [-0.05, 0) is 37.8 Å². The van der Waals surface area contributed by atoms with E-state index in [1.54, 1.807) is 11.8 Å². The van der Waals surface area contributed by atoms with Gasteiger partial charge in [-0.3, -0.25) is 0 Å². The Balaban J connectivity index is 1.82. The summed E-state index contributed by atoms with van der Waals surface area (Å²) in [5, 5.41) is 13.8. The Kier molecular flexibility index (Phi) is 4.06. The van der Waals surface area contributed by atoms with Gasteiger partial charge in [-0.25, -0.2) is 4.98 Å². The van der Waals surface area contributed by atoms with Crippen LogP contribution in [0.1, 0.15) is 25.7 Å². The van der Waals surface area contributed by atoms with Crippen LogP contribution in [-0.2, 0) is 0 Å². The second-order valence-corrected chi connectivity index (χ2v) is 6.04. The Bertz CT molecular complexity index is 614. The van der Waals surface area contributed by atoms with E-state index in [1.807, 2.05) is 24.3 Å². The minimum absolute atomic E-state index is 0.186. The normalized spacial score (nSPS) is 22.0. The molecule has 1 atom stereocenters. The number of rotatable bonds is 2. The van der Waals surface area contributed by atoms with Crippen LogP contribution in [0.4, 0.5) is 0 Å². The first-order valence-corrected chi connectivity index (χ1v) is 7.72. The molecule has 1 heterocycles. The van der Waals surface area contributed by atoms with E-state index in [2.05, 4.69) is 27.3 Å². The molecule has 5 heteroatoms. The lowest BCUT2D eigenvalue weighted by Gasteiger charge is -2.17. The number of fused-ring (bicyclic) bond motifs is 1. The fourth-order valence-corrected chi connectivity index (χ4v) is 3.55. The number of oxime groups is 1. The Morgan fingerprint density at radius 3 is 2.95 bits per heavy atom. The standard InChI is InChI=1S/C15H17N3OS/c19-18-13-9-3-1-2-4-10-14(13)20-15-16-11-7-5-6-8-12(11)17-15/h1-2,5-8,14,19H,3-4,9-10H2,(H,16,17). The molecular weight excluding hydrogens is 270 g/mol. The van der Waals surface area contributed by atoms with E-state index in [9.17, 15) is 5.21 Å². The van der Waals surface area contributed by atoms with Crippen LogP contribution in [-0.4, -0.2) is 26.1 Å². The van der Waals surface area contributed by atoms with Crippen LogP contribution >= 0.6 is 11.8 Å². The van der Waals surface area contributed by atoms with Gasteiger partial charge in [0.05, 0.1) is 22.0 Å². The van der Waals surface area contributed by atoms with Gasteiger partial charge >= 0.3 is 0 Å². The third-order valence-corrected chi connectivity index (χ3v) is 4.66. The van der Waals surface area contributed by atoms with Crippen LogP contribution in [0.5, 0.6) is 0 Å². The smallest absolute Gasteiger partial charge is 0.167 e. The highest BCUT2D eigenvalue weighted by Crippen LogP contribution is 2.29. The molecule has 0 amide bonds. The van der Waals surface area contributed by atoms with E-state index in [-0.39, 0.29) is 5.25 Å². The van der Waals surface area contributed by atoms with Crippen molar-refractivity contribution in [1.82, 2.24) is 9.97 Å². The zero-order valence-electron chi connectivity index (χ0n) is 11.1. The number of imidazole rings is 1. The summed E-state index contributed by atoms with van der Waals surface area (Å²) in [6.07, 6.45) is 8.10. The molecule has 1 aromatic carbocycles. The highest BCUT2D eigenvalue weighted by Gasteiger charge is 2.20. The third-order valence-electron chi connectivity index (χ3n) is 3.45. The van der Waals surface area contributed by atoms with Gasteiger partial charge in [0.1, 0.15) is 0 Å². The average Bonchev–Trinajstić information content (AvgIpc) is 2.84. The van der Waals surface area contributed by atoms with Gasteiger partial charge < -0.3 is 10.2 Å². The Morgan fingerprint density at radius 1 is 1.25 bits per heavy atom. The molecule has 2 N–H and O–H groups in total. The molecule has 20 heavy (non-hydrogen) atoms. The van der Waals surface area contributed by atoms with E-state index in [0.717, 1.165) is 47.6 Å². The summed E-state index contributed by atoms with van der Waals surface area (Å²) in [6.45, 7) is 0. The molecule has 0 saturated heterocycles. The maximum atomic E-state index is 9.22. The van der Waals surface area contributed by atoms with Crippen LogP contribution < -0.4 is 0 Å². The Hall–Kier alpha value is -1.75. The lowest BCUT2D eigenvalue weighted by atomic mass is 10.0. The average molecular weight is 287 g/mol. The fraction of sp³-hybridized carbons (Fsp3) is 0.333. The lowest BCUT2D eigenvalue weighted by molar-refractivity contribution is 0.316. The minimum atomic E-state index is 0.186. The molecule has 1 aliphatic rings. The number of hydrogen-bond donors (Lipinski definition) is 2. The Labute approximate surface area is 122 Å². The number of hydrogen-bond acceptors (Lipinski definition) is 4. The first-order valence-electron chi connectivity index (χ1n) is 6.84. The second-order valence-electron chi connectivity index (χ2n) is 4.84. The van der Waals surface area contributed by atoms with Crippen LogP contribution in [0.3, 0.4) is 0 Å². The molecule has 0 spiro atoms. The van der Waals surface area contributed by atoms with Crippen molar-refractivity contribution in [2.75, 3.05) is 0 Å². The van der Waals surface area contributed by atoms with E-state index >= 15 is 0 Å². The SMILES string of the molecule is ON=C1CCC=CCCC1Sc1nc2ccccc2[nH]1. The molecule has 0 saturated carbocycles. The Morgan fingerprint density at radius 2 is 2.10 bits per heavy atom. The largest absolute Gasteiger partial charge is 0.411 e. The first-order chi connectivity index (χ1) is 9.86. The molecule has 2 aromatic rings. The summed E-state index contributed by atoms with van der Waals surface area (Å²) in [7, 11) is 0. The van der Waals surface area contributed by atoms with Gasteiger partial charge in [-0.1, -0.05) is 41.2 Å². The van der Waals surface area contributed by atoms with Crippen molar-refractivity contribution in [3.8, 4) is 0 Å². The monoisotopic (exact) mass is 287 g/mol. The topological polar surface area (TPSA) is 61.3 Å². The molecule has 0 radical (unpaired) electrons. The quantitative estimate of drug-likeness (QED) is 0.499. The molecule has 0 aliphatic heterocycles. The van der Waals surface area contributed by atoms with E-state index in [0.29, 0.717) is 0 Å². The van der Waals surface area contributed by atoms with Crippen molar-refractivity contribution in [3.05, 3.63) is 36.4 Å². The number of H-pyrrole nitrogens is 1. The zero-order valence-corrected chi connectivity index (χ0v) is 11.9. The van der Waals surface area contributed by atoms with Crippen molar-refractivity contribution >= 4 is 28.5 Å². The maximum Gasteiger partial charge on any atom is 0.167 e. The molecule has 104 valence electrons. The molecular formula is C15H17N3OS. The zero-order chi connectivity index (χ0) is 13.8. The molecule has 0 bridgehead atoms. The van der Waals surface area contributed by atoms with E-state index in [4.69, 9.17) is 0 Å². The first kappa shape index (κ1) is 13.2. The minimum Gasteiger partial charge on any atom is -0.411 e. The van der Waals surface area contributed by atoms with Gasteiger partial charge in [-0.2, -0.15) is 0 Å². The number of nitrogens with zero attached hydrogens (tertiary/aromatic N) is 2. The fourth-order valence-electron chi connectivity index (χ4n) is 2.40. The molecule has 1 unspecified atom stereocenters. The van der Waals surface area contributed by atoms with Crippen LogP contribution in [0.25, 0.3) is 11.0 Å². The van der Waals surface area contributed by atoms with Gasteiger partial charge in [0.25, 0.3) is 0 Å². The lowest BCUT2D eigenvalue weighted by Crippen LogP contribution is -2.18.